The van der Waals surface area contributed by atoms with E-state index in [1.165, 1.54) is 17.3 Å². The van der Waals surface area contributed by atoms with Crippen molar-refractivity contribution in [3.63, 3.8) is 0 Å². The summed E-state index contributed by atoms with van der Waals surface area (Å²) >= 11 is 1.44. The molecule has 5 nitrogen and oxygen atoms in total. The number of hydrogen-bond donors (Lipinski definition) is 1. The van der Waals surface area contributed by atoms with Gasteiger partial charge in [0.2, 0.25) is 11.1 Å². The van der Waals surface area contributed by atoms with Crippen LogP contribution in [0.1, 0.15) is 39.2 Å². The second-order valence-corrected chi connectivity index (χ2v) is 6.29. The number of nitrogens with two attached hydrogens (primary N) is 1. The van der Waals surface area contributed by atoms with Crippen LogP contribution in [0.15, 0.2) is 34.3 Å². The molecule has 21 heavy (non-hydrogen) atoms. The first-order valence-corrected chi connectivity index (χ1v) is 7.71. The summed E-state index contributed by atoms with van der Waals surface area (Å²) in [5.41, 5.74) is 7.00. The number of nitrogens with zero attached hydrogens (tertiary/aromatic N) is 3. The minimum absolute atomic E-state index is 0.00465. The number of rotatable bonds is 5. The van der Waals surface area contributed by atoms with Crippen LogP contribution in [0.2, 0.25) is 0 Å². The van der Waals surface area contributed by atoms with E-state index in [0.717, 1.165) is 4.90 Å². The molecule has 0 aliphatic carbocycles. The Bertz CT molecular complexity index is 599. The number of hydrogen-bond acceptors (Lipinski definition) is 6. The van der Waals surface area contributed by atoms with Crippen molar-refractivity contribution >= 4 is 17.7 Å². The molecule has 1 aromatic carbocycles. The summed E-state index contributed by atoms with van der Waals surface area (Å²) in [5.74, 6) is 0.685. The summed E-state index contributed by atoms with van der Waals surface area (Å²) in [4.78, 5) is 13.4. The number of aromatic nitrogens is 3. The van der Waals surface area contributed by atoms with Crippen molar-refractivity contribution in [1.82, 2.24) is 15.0 Å². The molecule has 0 amide bonds. The van der Waals surface area contributed by atoms with Gasteiger partial charge in [0, 0.05) is 4.90 Å². The van der Waals surface area contributed by atoms with E-state index in [4.69, 9.17) is 10.5 Å². The third kappa shape index (κ3) is 4.60. The van der Waals surface area contributed by atoms with Gasteiger partial charge in [0.25, 0.3) is 0 Å². The van der Waals surface area contributed by atoms with Crippen molar-refractivity contribution in [2.75, 3.05) is 5.73 Å². The highest BCUT2D eigenvalue weighted by Crippen LogP contribution is 2.27. The molecule has 2 rings (SSSR count). The van der Waals surface area contributed by atoms with E-state index in [-0.39, 0.29) is 18.1 Å². The summed E-state index contributed by atoms with van der Waals surface area (Å²) in [6.07, 6.45) is -0.00465. The smallest absolute Gasteiger partial charge is 0.322 e. The highest BCUT2D eigenvalue weighted by Gasteiger charge is 2.09. The molecule has 0 fully saturated rings. The van der Waals surface area contributed by atoms with E-state index in [1.807, 2.05) is 13.8 Å². The lowest BCUT2D eigenvalue weighted by atomic mass is 10.0. The van der Waals surface area contributed by atoms with Crippen LogP contribution >= 0.6 is 11.8 Å². The van der Waals surface area contributed by atoms with E-state index >= 15 is 0 Å². The average molecular weight is 304 g/mol. The lowest BCUT2D eigenvalue weighted by Crippen LogP contribution is -2.10. The average Bonchev–Trinajstić information content (AvgIpc) is 2.37. The standard InChI is InChI=1S/C15H20N4OS/c1-9(2)11-5-7-12(8-6-11)21-15-18-13(16)17-14(19-15)20-10(3)4/h5-10H,1-4H3,(H2,16,17,18,19). The van der Waals surface area contributed by atoms with Crippen molar-refractivity contribution in [3.8, 4) is 6.01 Å². The minimum atomic E-state index is -0.00465. The van der Waals surface area contributed by atoms with Gasteiger partial charge in [-0.2, -0.15) is 15.0 Å². The zero-order valence-corrected chi connectivity index (χ0v) is 13.5. The predicted octanol–water partition coefficient (Wildman–Crippen LogP) is 3.52. The van der Waals surface area contributed by atoms with E-state index in [9.17, 15) is 0 Å². The van der Waals surface area contributed by atoms with Crippen LogP contribution in [-0.4, -0.2) is 21.1 Å². The number of ether oxygens (including phenoxy) is 1. The first-order valence-electron chi connectivity index (χ1n) is 6.90. The molecule has 1 aromatic heterocycles. The van der Waals surface area contributed by atoms with E-state index < -0.39 is 0 Å². The van der Waals surface area contributed by atoms with Crippen molar-refractivity contribution in [2.24, 2.45) is 0 Å². The van der Waals surface area contributed by atoms with Crippen molar-refractivity contribution in [2.45, 2.75) is 49.8 Å². The molecule has 0 bridgehead atoms. The van der Waals surface area contributed by atoms with Crippen LogP contribution in [0.3, 0.4) is 0 Å². The van der Waals surface area contributed by atoms with Crippen LogP contribution in [0, 0.1) is 0 Å². The van der Waals surface area contributed by atoms with Gasteiger partial charge in [-0.25, -0.2) is 0 Å². The van der Waals surface area contributed by atoms with Crippen LogP contribution in [-0.2, 0) is 0 Å². The molecule has 0 unspecified atom stereocenters. The molecule has 0 saturated carbocycles. The zero-order valence-electron chi connectivity index (χ0n) is 12.7. The van der Waals surface area contributed by atoms with Crippen molar-refractivity contribution in [1.29, 1.82) is 0 Å². The number of anilines is 1. The highest BCUT2D eigenvalue weighted by molar-refractivity contribution is 7.99. The summed E-state index contributed by atoms with van der Waals surface area (Å²) in [5, 5.41) is 0.537. The number of benzene rings is 1. The Morgan fingerprint density at radius 2 is 1.67 bits per heavy atom. The topological polar surface area (TPSA) is 73.9 Å². The molecule has 2 N–H and O–H groups in total. The molecule has 0 aliphatic heterocycles. The Morgan fingerprint density at radius 1 is 1.00 bits per heavy atom. The molecule has 0 atom stereocenters. The van der Waals surface area contributed by atoms with E-state index in [1.54, 1.807) is 0 Å². The highest BCUT2D eigenvalue weighted by atomic mass is 32.2. The Morgan fingerprint density at radius 3 is 2.24 bits per heavy atom. The fourth-order valence-corrected chi connectivity index (χ4v) is 2.43. The maximum absolute atomic E-state index is 5.70. The van der Waals surface area contributed by atoms with Gasteiger partial charge in [0.1, 0.15) is 0 Å². The van der Waals surface area contributed by atoms with E-state index in [0.29, 0.717) is 11.1 Å². The Labute approximate surface area is 129 Å². The fourth-order valence-electron chi connectivity index (χ4n) is 1.69. The third-order valence-corrected chi connectivity index (χ3v) is 3.58. The largest absolute Gasteiger partial charge is 0.461 e. The first-order chi connectivity index (χ1) is 9.94. The van der Waals surface area contributed by atoms with Gasteiger partial charge < -0.3 is 10.5 Å². The number of nitrogen functional groups attached to an aromatic ring is 1. The molecular formula is C15H20N4OS. The lowest BCUT2D eigenvalue weighted by molar-refractivity contribution is 0.219. The summed E-state index contributed by atoms with van der Waals surface area (Å²) in [7, 11) is 0. The molecular weight excluding hydrogens is 284 g/mol. The second-order valence-electron chi connectivity index (χ2n) is 5.25. The van der Waals surface area contributed by atoms with Crippen LogP contribution in [0.25, 0.3) is 0 Å². The van der Waals surface area contributed by atoms with Gasteiger partial charge in [-0.15, -0.1) is 0 Å². The molecule has 0 aliphatic rings. The van der Waals surface area contributed by atoms with Gasteiger partial charge in [-0.05, 0) is 49.2 Å². The van der Waals surface area contributed by atoms with Gasteiger partial charge >= 0.3 is 6.01 Å². The molecule has 1 heterocycles. The van der Waals surface area contributed by atoms with Gasteiger partial charge in [0.05, 0.1) is 6.10 Å². The third-order valence-electron chi connectivity index (χ3n) is 2.71. The molecule has 0 saturated heterocycles. The minimum Gasteiger partial charge on any atom is -0.461 e. The van der Waals surface area contributed by atoms with E-state index in [2.05, 4.69) is 53.1 Å². The fraction of sp³-hybridized carbons (Fsp3) is 0.400. The monoisotopic (exact) mass is 304 g/mol. The normalized spacial score (nSPS) is 11.1. The first kappa shape index (κ1) is 15.6. The Hall–Kier alpha value is -1.82. The SMILES string of the molecule is CC(C)Oc1nc(N)nc(Sc2ccc(C(C)C)cc2)n1. The van der Waals surface area contributed by atoms with Crippen LogP contribution in [0.4, 0.5) is 5.95 Å². The van der Waals surface area contributed by atoms with Gasteiger partial charge in [0.15, 0.2) is 0 Å². The zero-order chi connectivity index (χ0) is 15.4. The van der Waals surface area contributed by atoms with Gasteiger partial charge in [-0.3, -0.25) is 0 Å². The lowest BCUT2D eigenvalue weighted by Gasteiger charge is -2.09. The Kier molecular flexibility index (Phi) is 5.01. The molecule has 112 valence electrons. The van der Waals surface area contributed by atoms with Crippen molar-refractivity contribution in [3.05, 3.63) is 29.8 Å². The molecule has 2 aromatic rings. The summed E-state index contributed by atoms with van der Waals surface area (Å²) in [6, 6.07) is 8.61. The maximum Gasteiger partial charge on any atom is 0.322 e. The summed E-state index contributed by atoms with van der Waals surface area (Å²) < 4.78 is 5.47. The Balaban J connectivity index is 2.16. The molecule has 0 spiro atoms. The van der Waals surface area contributed by atoms with Gasteiger partial charge in [-0.1, -0.05) is 26.0 Å². The molecule has 0 radical (unpaired) electrons. The quantitative estimate of drug-likeness (QED) is 0.911. The van der Waals surface area contributed by atoms with Crippen molar-refractivity contribution < 1.29 is 4.74 Å². The summed E-state index contributed by atoms with van der Waals surface area (Å²) in [6.45, 7) is 8.17. The molecule has 6 heteroatoms. The van der Waals surface area contributed by atoms with Crippen LogP contribution in [0.5, 0.6) is 6.01 Å². The maximum atomic E-state index is 5.70. The second kappa shape index (κ2) is 6.76. The van der Waals surface area contributed by atoms with Crippen LogP contribution < -0.4 is 10.5 Å². The predicted molar refractivity (Wildman–Crippen MR) is 84.7 cm³/mol.